The molecule has 0 aromatic heterocycles. The Balaban J connectivity index is 2.15. The molecule has 5 heteroatoms. The van der Waals surface area contributed by atoms with Gasteiger partial charge in [-0.25, -0.2) is 4.84 Å². The van der Waals surface area contributed by atoms with Gasteiger partial charge in [0.15, 0.2) is 0 Å². The van der Waals surface area contributed by atoms with Crippen molar-refractivity contribution in [3.63, 3.8) is 0 Å². The topological polar surface area (TPSA) is 80.7 Å². The van der Waals surface area contributed by atoms with Gasteiger partial charge in [-0.3, -0.25) is 0 Å². The minimum Gasteiger partial charge on any atom is -0.349 e. The number of nitrogens with two attached hydrogens (primary N) is 1. The normalized spacial score (nSPS) is 33.9. The van der Waals surface area contributed by atoms with E-state index in [0.717, 1.165) is 12.2 Å². The first-order valence-corrected chi connectivity index (χ1v) is 4.50. The highest BCUT2D eigenvalue weighted by molar-refractivity contribution is 7.98. The molecule has 0 spiro atoms. The number of hydrogen-bond acceptors (Lipinski definition) is 5. The van der Waals surface area contributed by atoms with E-state index in [1.54, 1.807) is 11.8 Å². The molecule has 1 heterocycles. The van der Waals surface area contributed by atoms with Gasteiger partial charge in [-0.1, -0.05) is 0 Å². The zero-order chi connectivity index (χ0) is 7.61. The highest BCUT2D eigenvalue weighted by Gasteiger charge is 2.48. The Morgan fingerprint density at radius 1 is 1.90 bits per heavy atom. The predicted molar refractivity (Wildman–Crippen MR) is 40.1 cm³/mol. The molecule has 60 valence electrons. The molecule has 0 aromatic carbocycles. The zero-order valence-electron chi connectivity index (χ0n) is 5.83. The molecule has 0 bridgehead atoms. The molecule has 1 aliphatic heterocycles. The molecule has 0 amide bonds. The minimum atomic E-state index is -1.23. The Morgan fingerprint density at radius 2 is 2.50 bits per heavy atom. The molecule has 1 rings (SSSR count). The fourth-order valence-corrected chi connectivity index (χ4v) is 1.13. The van der Waals surface area contributed by atoms with Crippen LogP contribution in [0.5, 0.6) is 0 Å². The average Bonchev–Trinajstić information content (AvgIpc) is 2.64. The lowest BCUT2D eigenvalue weighted by molar-refractivity contribution is 0.0119. The lowest BCUT2D eigenvalue weighted by Gasteiger charge is -2.10. The van der Waals surface area contributed by atoms with Crippen molar-refractivity contribution in [2.24, 2.45) is 5.73 Å². The van der Waals surface area contributed by atoms with Crippen LogP contribution in [0, 0.1) is 0 Å². The summed E-state index contributed by atoms with van der Waals surface area (Å²) < 4.78 is 0. The van der Waals surface area contributed by atoms with Gasteiger partial charge in [-0.05, 0) is 18.4 Å². The van der Waals surface area contributed by atoms with Gasteiger partial charge in [0.2, 0.25) is 0 Å². The van der Waals surface area contributed by atoms with Crippen LogP contribution in [0.25, 0.3) is 0 Å². The molecule has 4 nitrogen and oxygen atoms in total. The Labute approximate surface area is 64.1 Å². The Kier molecular flexibility index (Phi) is 2.54. The van der Waals surface area contributed by atoms with E-state index in [1.165, 1.54) is 0 Å². The SMILES string of the molecule is CSCCC(N)C1(O)NO1. The first-order chi connectivity index (χ1) is 4.69. The van der Waals surface area contributed by atoms with Crippen molar-refractivity contribution in [1.29, 1.82) is 0 Å². The maximum absolute atomic E-state index is 9.16. The van der Waals surface area contributed by atoms with Crippen LogP contribution in [0.4, 0.5) is 0 Å². The van der Waals surface area contributed by atoms with Crippen molar-refractivity contribution in [3.05, 3.63) is 0 Å². The quantitative estimate of drug-likeness (QED) is 0.476. The summed E-state index contributed by atoms with van der Waals surface area (Å²) in [7, 11) is 0. The van der Waals surface area contributed by atoms with Crippen LogP contribution in [-0.2, 0) is 4.84 Å². The second kappa shape index (κ2) is 3.06. The molecule has 2 unspecified atom stereocenters. The summed E-state index contributed by atoms with van der Waals surface area (Å²) >= 11 is 1.70. The minimum absolute atomic E-state index is 0.319. The van der Waals surface area contributed by atoms with E-state index in [2.05, 4.69) is 10.3 Å². The monoisotopic (exact) mass is 164 g/mol. The highest BCUT2D eigenvalue weighted by atomic mass is 32.2. The summed E-state index contributed by atoms with van der Waals surface area (Å²) in [4.78, 5) is 4.53. The summed E-state index contributed by atoms with van der Waals surface area (Å²) in [6, 6.07) is -0.319. The van der Waals surface area contributed by atoms with Crippen LogP contribution < -0.4 is 11.2 Å². The van der Waals surface area contributed by atoms with Gasteiger partial charge in [-0.2, -0.15) is 11.8 Å². The van der Waals surface area contributed by atoms with Crippen molar-refractivity contribution in [2.45, 2.75) is 18.4 Å². The largest absolute Gasteiger partial charge is 0.349 e. The number of rotatable bonds is 4. The summed E-state index contributed by atoms with van der Waals surface area (Å²) in [5, 5.41) is 9.16. The molecule has 0 saturated carbocycles. The van der Waals surface area contributed by atoms with E-state index >= 15 is 0 Å². The first-order valence-electron chi connectivity index (χ1n) is 3.11. The Hall–Kier alpha value is 0.190. The zero-order valence-corrected chi connectivity index (χ0v) is 6.65. The molecule has 10 heavy (non-hydrogen) atoms. The van der Waals surface area contributed by atoms with E-state index in [-0.39, 0.29) is 6.04 Å². The van der Waals surface area contributed by atoms with Gasteiger partial charge >= 0.3 is 0 Å². The highest BCUT2D eigenvalue weighted by Crippen LogP contribution is 2.21. The summed E-state index contributed by atoms with van der Waals surface area (Å²) in [5.41, 5.74) is 7.89. The summed E-state index contributed by atoms with van der Waals surface area (Å²) in [6.45, 7) is 0. The van der Waals surface area contributed by atoms with E-state index in [0.29, 0.717) is 0 Å². The van der Waals surface area contributed by atoms with Crippen molar-refractivity contribution >= 4 is 11.8 Å². The van der Waals surface area contributed by atoms with Gasteiger partial charge in [-0.15, -0.1) is 5.48 Å². The van der Waals surface area contributed by atoms with E-state index < -0.39 is 5.91 Å². The third-order valence-corrected chi connectivity index (χ3v) is 2.09. The lowest BCUT2D eigenvalue weighted by Crippen LogP contribution is -2.40. The average molecular weight is 164 g/mol. The van der Waals surface area contributed by atoms with Gasteiger partial charge in [0.1, 0.15) is 0 Å². The van der Waals surface area contributed by atoms with Crippen LogP contribution in [0.3, 0.4) is 0 Å². The van der Waals surface area contributed by atoms with Gasteiger partial charge in [0.05, 0.1) is 6.04 Å². The van der Waals surface area contributed by atoms with Crippen LogP contribution in [0.2, 0.25) is 0 Å². The first kappa shape index (κ1) is 8.29. The molecule has 0 radical (unpaired) electrons. The number of aliphatic hydroxyl groups is 1. The number of hydrogen-bond donors (Lipinski definition) is 3. The molecule has 1 saturated heterocycles. The van der Waals surface area contributed by atoms with E-state index in [1.807, 2.05) is 6.26 Å². The number of nitrogens with one attached hydrogen (secondary N) is 1. The summed E-state index contributed by atoms with van der Waals surface area (Å²) in [6.07, 6.45) is 2.75. The Bertz CT molecular complexity index is 118. The van der Waals surface area contributed by atoms with Gasteiger partial charge in [0, 0.05) is 0 Å². The molecule has 1 aliphatic rings. The number of thioether (sulfide) groups is 1. The maximum Gasteiger partial charge on any atom is 0.280 e. The van der Waals surface area contributed by atoms with Crippen molar-refractivity contribution in [3.8, 4) is 0 Å². The molecule has 2 atom stereocenters. The van der Waals surface area contributed by atoms with Crippen LogP contribution in [0.15, 0.2) is 0 Å². The van der Waals surface area contributed by atoms with Crippen LogP contribution in [0.1, 0.15) is 6.42 Å². The van der Waals surface area contributed by atoms with Gasteiger partial charge in [0.25, 0.3) is 5.91 Å². The Morgan fingerprint density at radius 3 is 2.90 bits per heavy atom. The molecule has 0 aliphatic carbocycles. The predicted octanol–water partition coefficient (Wildman–Crippen LogP) is -0.752. The fraction of sp³-hybridized carbons (Fsp3) is 1.00. The second-order valence-electron chi connectivity index (χ2n) is 2.29. The van der Waals surface area contributed by atoms with Crippen molar-refractivity contribution < 1.29 is 9.94 Å². The molecular weight excluding hydrogens is 152 g/mol. The maximum atomic E-state index is 9.16. The lowest BCUT2D eigenvalue weighted by atomic mass is 10.2. The fourth-order valence-electron chi connectivity index (χ4n) is 0.644. The second-order valence-corrected chi connectivity index (χ2v) is 3.27. The third kappa shape index (κ3) is 1.83. The summed E-state index contributed by atoms with van der Waals surface area (Å²) in [5.74, 6) is -0.287. The van der Waals surface area contributed by atoms with E-state index in [4.69, 9.17) is 10.8 Å². The molecule has 1 fully saturated rings. The molecule has 4 N–H and O–H groups in total. The molecule has 0 aromatic rings. The smallest absolute Gasteiger partial charge is 0.280 e. The molecular formula is C5H12N2O2S. The van der Waals surface area contributed by atoms with Gasteiger partial charge < -0.3 is 10.8 Å². The van der Waals surface area contributed by atoms with Crippen LogP contribution >= 0.6 is 11.8 Å². The number of hydroxylamine groups is 1. The third-order valence-electron chi connectivity index (χ3n) is 1.45. The van der Waals surface area contributed by atoms with Crippen molar-refractivity contribution in [2.75, 3.05) is 12.0 Å². The van der Waals surface area contributed by atoms with Crippen molar-refractivity contribution in [1.82, 2.24) is 5.48 Å². The van der Waals surface area contributed by atoms with E-state index in [9.17, 15) is 0 Å². The standard InChI is InChI=1S/C5H12N2O2S/c1-10-3-2-4(6)5(8)7-9-5/h4,7-8H,2-3,6H2,1H3. The van der Waals surface area contributed by atoms with Crippen LogP contribution in [-0.4, -0.2) is 29.1 Å².